The number of fused-ring (bicyclic) bond motifs is 20. The maximum absolute atomic E-state index is 6.63. The molecule has 14 aromatic carbocycles. The standard InChI is InChI=1S/C86H56N2O2/c1-3-4-24-66-54(2)89-84-73(66)28-17-31-78(84)87(62-20-7-5-8-21-62)64-43-34-55(35-44-64)58-38-47-68-60(52-58)40-49-71-72-50-41-61-53-59(39-48-69(61)83(72)86(82(68)71)76-30-15-13-27-75(76)81-67-25-12-11-19-57(67)42-51-77(81)86)56-36-45-65(46-37-56)88(63-22-9-6-10-23-63)79-32-18-29-74-70-26-14-16-33-80(70)90-85(74)79/h3-53H,1H2,2H3/b24-4-. The predicted octanol–water partition coefficient (Wildman–Crippen LogP) is 23.9. The van der Waals surface area contributed by atoms with E-state index in [1.165, 1.54) is 76.8 Å². The second-order valence-electron chi connectivity index (χ2n) is 23.9. The lowest BCUT2D eigenvalue weighted by molar-refractivity contribution is 0.578. The number of hydrogen-bond acceptors (Lipinski definition) is 4. The number of aryl methyl sites for hydroxylation is 1. The molecule has 2 aliphatic rings. The van der Waals surface area contributed by atoms with Crippen LogP contribution in [0.5, 0.6) is 0 Å². The molecule has 1 unspecified atom stereocenters. The minimum absolute atomic E-state index is 0.617. The Morgan fingerprint density at radius 1 is 0.356 bits per heavy atom. The Labute approximate surface area is 521 Å². The first kappa shape index (κ1) is 51.5. The first-order valence-corrected chi connectivity index (χ1v) is 30.9. The van der Waals surface area contributed by atoms with Crippen molar-refractivity contribution in [2.75, 3.05) is 9.80 Å². The van der Waals surface area contributed by atoms with Crippen LogP contribution in [0.2, 0.25) is 0 Å². The van der Waals surface area contributed by atoms with E-state index in [0.717, 1.165) is 101 Å². The third kappa shape index (κ3) is 7.61. The molecule has 2 aliphatic carbocycles. The van der Waals surface area contributed by atoms with Crippen LogP contribution in [0.3, 0.4) is 0 Å². The van der Waals surface area contributed by atoms with Gasteiger partial charge >= 0.3 is 0 Å². The van der Waals surface area contributed by atoms with Crippen molar-refractivity contribution in [2.45, 2.75) is 12.3 Å². The molecule has 1 atom stereocenters. The lowest BCUT2D eigenvalue weighted by atomic mass is 9.68. The molecule has 0 aliphatic heterocycles. The largest absolute Gasteiger partial charge is 0.459 e. The predicted molar refractivity (Wildman–Crippen MR) is 377 cm³/mol. The van der Waals surface area contributed by atoms with Gasteiger partial charge in [0.1, 0.15) is 11.3 Å². The van der Waals surface area contributed by atoms with E-state index in [9.17, 15) is 0 Å². The van der Waals surface area contributed by atoms with Gasteiger partial charge in [0.05, 0.1) is 16.8 Å². The third-order valence-electron chi connectivity index (χ3n) is 19.1. The van der Waals surface area contributed by atoms with Crippen LogP contribution in [-0.4, -0.2) is 0 Å². The lowest BCUT2D eigenvalue weighted by Crippen LogP contribution is -2.26. The van der Waals surface area contributed by atoms with Crippen LogP contribution in [0.25, 0.3) is 116 Å². The number of rotatable bonds is 10. The molecular formula is C86H56N2O2. The second-order valence-corrected chi connectivity index (χ2v) is 23.9. The van der Waals surface area contributed by atoms with Crippen LogP contribution < -0.4 is 9.80 Å². The highest BCUT2D eigenvalue weighted by atomic mass is 16.3. The van der Waals surface area contributed by atoms with Crippen LogP contribution in [0.4, 0.5) is 34.1 Å². The fourth-order valence-electron chi connectivity index (χ4n) is 15.3. The molecular weight excluding hydrogens is 1090 g/mol. The number of para-hydroxylation sites is 5. The Balaban J connectivity index is 0.762. The Hall–Kier alpha value is -11.7. The van der Waals surface area contributed by atoms with E-state index in [2.05, 4.69) is 302 Å². The zero-order valence-electron chi connectivity index (χ0n) is 49.4. The summed E-state index contributed by atoms with van der Waals surface area (Å²) >= 11 is 0. The zero-order valence-corrected chi connectivity index (χ0v) is 49.4. The van der Waals surface area contributed by atoms with E-state index in [-0.39, 0.29) is 0 Å². The number of allylic oxidation sites excluding steroid dienone is 2. The summed E-state index contributed by atoms with van der Waals surface area (Å²) in [6, 6.07) is 107. The summed E-state index contributed by atoms with van der Waals surface area (Å²) in [5.74, 6) is 0.869. The molecule has 16 aromatic rings. The molecule has 0 bridgehead atoms. The topological polar surface area (TPSA) is 32.8 Å². The van der Waals surface area contributed by atoms with E-state index in [4.69, 9.17) is 8.83 Å². The number of anilines is 6. The van der Waals surface area contributed by atoms with Crippen molar-refractivity contribution >= 4 is 105 Å². The molecule has 2 heterocycles. The normalized spacial score (nSPS) is 13.9. The van der Waals surface area contributed by atoms with Gasteiger partial charge in [0.2, 0.25) is 0 Å². The van der Waals surface area contributed by atoms with Crippen molar-refractivity contribution < 1.29 is 8.83 Å². The van der Waals surface area contributed by atoms with Crippen molar-refractivity contribution in [3.8, 4) is 44.5 Å². The molecule has 1 spiro atoms. The zero-order chi connectivity index (χ0) is 59.6. The minimum atomic E-state index is -0.617. The molecule has 18 rings (SSSR count). The fourth-order valence-corrected chi connectivity index (χ4v) is 15.3. The molecule has 4 heteroatoms. The van der Waals surface area contributed by atoms with E-state index in [1.807, 2.05) is 25.1 Å². The lowest BCUT2D eigenvalue weighted by Gasteiger charge is -2.32. The Morgan fingerprint density at radius 2 is 0.856 bits per heavy atom. The van der Waals surface area contributed by atoms with E-state index < -0.39 is 5.41 Å². The summed E-state index contributed by atoms with van der Waals surface area (Å²) in [4.78, 5) is 4.61. The highest BCUT2D eigenvalue weighted by Gasteiger charge is 2.53. The van der Waals surface area contributed by atoms with E-state index in [1.54, 1.807) is 6.08 Å². The molecule has 2 aromatic heterocycles. The van der Waals surface area contributed by atoms with Gasteiger partial charge in [-0.25, -0.2) is 0 Å². The maximum Gasteiger partial charge on any atom is 0.159 e. The second kappa shape index (κ2) is 20.2. The Kier molecular flexibility index (Phi) is 11.5. The molecule has 4 nitrogen and oxygen atoms in total. The van der Waals surface area contributed by atoms with Gasteiger partial charge in [-0.3, -0.25) is 0 Å². The highest BCUT2D eigenvalue weighted by molar-refractivity contribution is 6.14. The van der Waals surface area contributed by atoms with Gasteiger partial charge < -0.3 is 18.6 Å². The van der Waals surface area contributed by atoms with Crippen LogP contribution >= 0.6 is 0 Å². The first-order valence-electron chi connectivity index (χ1n) is 30.9. The van der Waals surface area contributed by atoms with Gasteiger partial charge in [-0.15, -0.1) is 0 Å². The van der Waals surface area contributed by atoms with Crippen molar-refractivity contribution in [1.29, 1.82) is 0 Å². The summed E-state index contributed by atoms with van der Waals surface area (Å²) < 4.78 is 13.2. The summed E-state index contributed by atoms with van der Waals surface area (Å²) in [6.07, 6.45) is 5.85. The van der Waals surface area contributed by atoms with Crippen molar-refractivity contribution in [1.82, 2.24) is 0 Å². The number of furan rings is 2. The average Bonchev–Trinajstić information content (AvgIpc) is 1.49. The van der Waals surface area contributed by atoms with Gasteiger partial charge in [0.25, 0.3) is 0 Å². The molecule has 0 radical (unpaired) electrons. The molecule has 0 saturated carbocycles. The van der Waals surface area contributed by atoms with Gasteiger partial charge in [-0.2, -0.15) is 0 Å². The third-order valence-corrected chi connectivity index (χ3v) is 19.1. The van der Waals surface area contributed by atoms with Gasteiger partial charge in [-0.05, 0) is 185 Å². The molecule has 0 fully saturated rings. The average molecular weight is 1150 g/mol. The van der Waals surface area contributed by atoms with Crippen LogP contribution in [0, 0.1) is 6.92 Å². The van der Waals surface area contributed by atoms with Gasteiger partial charge in [-0.1, -0.05) is 237 Å². The van der Waals surface area contributed by atoms with Crippen molar-refractivity contribution in [2.24, 2.45) is 0 Å². The molecule has 90 heavy (non-hydrogen) atoms. The number of nitrogens with zero attached hydrogens (tertiary/aromatic N) is 2. The maximum atomic E-state index is 6.63. The summed E-state index contributed by atoms with van der Waals surface area (Å²) in [6.45, 7) is 5.94. The summed E-state index contributed by atoms with van der Waals surface area (Å²) in [5.41, 5.74) is 24.3. The SMILES string of the molecule is C=C/C=C\c1c(C)oc2c(N(c3ccccc3)c3ccc(-c4ccc5c6c(ccc5c4)-c4ccc5cc(-c7ccc(N(c8ccccc8)c8cccc9c8oc8ccccc89)cc7)ccc5c4C64c5ccccc5-c5c4ccc4ccccc54)cc3)cccc12. The van der Waals surface area contributed by atoms with Crippen molar-refractivity contribution in [3.05, 3.63) is 343 Å². The highest BCUT2D eigenvalue weighted by Crippen LogP contribution is 2.66. The molecule has 0 saturated heterocycles. The smallest absolute Gasteiger partial charge is 0.159 e. The first-order chi connectivity index (χ1) is 44.5. The van der Waals surface area contributed by atoms with Gasteiger partial charge in [0, 0.05) is 44.5 Å². The quantitative estimate of drug-likeness (QED) is 0.128. The van der Waals surface area contributed by atoms with Crippen LogP contribution in [0.1, 0.15) is 33.6 Å². The van der Waals surface area contributed by atoms with Crippen LogP contribution in [0.15, 0.2) is 319 Å². The summed E-state index contributed by atoms with van der Waals surface area (Å²) in [7, 11) is 0. The molecule has 0 N–H and O–H groups in total. The monoisotopic (exact) mass is 1150 g/mol. The molecule has 0 amide bonds. The van der Waals surface area contributed by atoms with Gasteiger partial charge in [0.15, 0.2) is 11.2 Å². The Bertz CT molecular complexity index is 5640. The van der Waals surface area contributed by atoms with Crippen molar-refractivity contribution in [3.63, 3.8) is 0 Å². The minimum Gasteiger partial charge on any atom is -0.459 e. The van der Waals surface area contributed by atoms with E-state index >= 15 is 0 Å². The number of benzene rings is 14. The summed E-state index contributed by atoms with van der Waals surface area (Å²) in [5, 5.41) is 10.7. The fraction of sp³-hybridized carbons (Fsp3) is 0.0233. The van der Waals surface area contributed by atoms with Crippen LogP contribution in [-0.2, 0) is 5.41 Å². The Morgan fingerprint density at radius 3 is 1.48 bits per heavy atom. The molecule has 422 valence electrons. The number of hydrogen-bond donors (Lipinski definition) is 0. The van der Waals surface area contributed by atoms with E-state index in [0.29, 0.717) is 0 Å².